The van der Waals surface area contributed by atoms with E-state index < -0.39 is 16.0 Å². The molecule has 1 atom stereocenters. The van der Waals surface area contributed by atoms with Gasteiger partial charge < -0.3 is 15.2 Å². The number of sulfonamides is 1. The number of nitrogens with zero attached hydrogens (tertiary/aromatic N) is 1. The predicted octanol–water partition coefficient (Wildman–Crippen LogP) is 5.15. The molecule has 2 heterocycles. The molecule has 0 radical (unpaired) electrons. The third-order valence-electron chi connectivity index (χ3n) is 6.24. The number of carbonyl (C=O) groups is 1. The van der Waals surface area contributed by atoms with Gasteiger partial charge in [-0.05, 0) is 81.0 Å². The highest BCUT2D eigenvalue weighted by molar-refractivity contribution is 7.92. The number of anilines is 2. The standard InChI is InChI=1S/C25H29N3O5S2/c1-15-4-5-20(14-22(15)35(31,32)28-21-8-6-19(7-9-21)24(29)30)23-17(3)27-25(34-23)26-16(2)18-10-12-33-13-11-18/h4-9,14,16,18,28H,10-13H2,1-3H3,(H,26,27)(H,29,30). The van der Waals surface area contributed by atoms with E-state index in [2.05, 4.69) is 21.9 Å². The molecule has 1 unspecified atom stereocenters. The lowest BCUT2D eigenvalue weighted by Gasteiger charge is -2.28. The number of carboxylic acid groups (broad SMARTS) is 1. The molecule has 8 nitrogen and oxygen atoms in total. The molecule has 3 aromatic rings. The van der Waals surface area contributed by atoms with Crippen LogP contribution < -0.4 is 10.0 Å². The van der Waals surface area contributed by atoms with Gasteiger partial charge in [0, 0.05) is 24.9 Å². The average Bonchev–Trinajstić information content (AvgIpc) is 3.19. The molecule has 1 aliphatic heterocycles. The molecule has 1 fully saturated rings. The van der Waals surface area contributed by atoms with Gasteiger partial charge in [-0.3, -0.25) is 4.72 Å². The molecule has 0 amide bonds. The molecule has 3 N–H and O–H groups in total. The van der Waals surface area contributed by atoms with Gasteiger partial charge in [-0.1, -0.05) is 23.5 Å². The van der Waals surface area contributed by atoms with Crippen molar-refractivity contribution in [3.63, 3.8) is 0 Å². The van der Waals surface area contributed by atoms with Crippen LogP contribution in [0, 0.1) is 19.8 Å². The maximum Gasteiger partial charge on any atom is 0.335 e. The van der Waals surface area contributed by atoms with Gasteiger partial charge in [0.2, 0.25) is 0 Å². The first-order chi connectivity index (χ1) is 16.6. The lowest BCUT2D eigenvalue weighted by Crippen LogP contribution is -2.30. The van der Waals surface area contributed by atoms with Gasteiger partial charge >= 0.3 is 5.97 Å². The van der Waals surface area contributed by atoms with Gasteiger partial charge in [0.15, 0.2) is 5.13 Å². The second-order valence-corrected chi connectivity index (χ2v) is 11.4. The Morgan fingerprint density at radius 1 is 1.14 bits per heavy atom. The molecule has 4 rings (SSSR count). The maximum atomic E-state index is 13.2. The van der Waals surface area contributed by atoms with E-state index in [1.54, 1.807) is 19.1 Å². The molecule has 0 saturated carbocycles. The summed E-state index contributed by atoms with van der Waals surface area (Å²) in [6.07, 6.45) is 2.05. The van der Waals surface area contributed by atoms with Crippen LogP contribution in [0.2, 0.25) is 0 Å². The zero-order chi connectivity index (χ0) is 25.2. The van der Waals surface area contributed by atoms with Gasteiger partial charge in [-0.2, -0.15) is 0 Å². The lowest BCUT2D eigenvalue weighted by atomic mass is 9.93. The van der Waals surface area contributed by atoms with E-state index in [4.69, 9.17) is 9.84 Å². The summed E-state index contributed by atoms with van der Waals surface area (Å²) in [7, 11) is -3.89. The first-order valence-corrected chi connectivity index (χ1v) is 13.7. The molecule has 1 aromatic heterocycles. The summed E-state index contributed by atoms with van der Waals surface area (Å²) in [6, 6.07) is 11.2. The van der Waals surface area contributed by atoms with Crippen LogP contribution in [-0.2, 0) is 14.8 Å². The van der Waals surface area contributed by atoms with Gasteiger partial charge in [-0.15, -0.1) is 0 Å². The Morgan fingerprint density at radius 2 is 1.83 bits per heavy atom. The fraction of sp³-hybridized carbons (Fsp3) is 0.360. The summed E-state index contributed by atoms with van der Waals surface area (Å²) in [5, 5.41) is 13.4. The summed E-state index contributed by atoms with van der Waals surface area (Å²) in [6.45, 7) is 7.41. The number of ether oxygens (including phenoxy) is 1. The third-order valence-corrected chi connectivity index (χ3v) is 8.91. The molecule has 0 bridgehead atoms. The minimum absolute atomic E-state index is 0.0855. The van der Waals surface area contributed by atoms with Gasteiger partial charge in [0.05, 0.1) is 21.0 Å². The fourth-order valence-electron chi connectivity index (χ4n) is 4.18. The average molecular weight is 516 g/mol. The van der Waals surface area contributed by atoms with Crippen molar-refractivity contribution in [3.05, 3.63) is 59.3 Å². The van der Waals surface area contributed by atoms with E-state index in [9.17, 15) is 13.2 Å². The number of rotatable bonds is 8. The Bertz CT molecular complexity index is 1310. The van der Waals surface area contributed by atoms with Crippen LogP contribution in [0.4, 0.5) is 10.8 Å². The van der Waals surface area contributed by atoms with Crippen molar-refractivity contribution >= 4 is 38.1 Å². The van der Waals surface area contributed by atoms with Crippen LogP contribution >= 0.6 is 11.3 Å². The zero-order valence-electron chi connectivity index (χ0n) is 19.9. The van der Waals surface area contributed by atoms with Crippen molar-refractivity contribution in [2.24, 2.45) is 5.92 Å². The quantitative estimate of drug-likeness (QED) is 0.380. The van der Waals surface area contributed by atoms with Crippen molar-refractivity contribution in [1.29, 1.82) is 0 Å². The number of aryl methyl sites for hydroxylation is 2. The first-order valence-electron chi connectivity index (χ1n) is 11.4. The number of nitrogens with one attached hydrogen (secondary N) is 2. The molecule has 1 aliphatic rings. The van der Waals surface area contributed by atoms with E-state index in [0.29, 0.717) is 17.2 Å². The normalized spacial score (nSPS) is 15.5. The molecule has 35 heavy (non-hydrogen) atoms. The monoisotopic (exact) mass is 515 g/mol. The summed E-state index contributed by atoms with van der Waals surface area (Å²) in [4.78, 5) is 16.8. The van der Waals surface area contributed by atoms with E-state index in [1.165, 1.54) is 35.6 Å². The zero-order valence-corrected chi connectivity index (χ0v) is 21.5. The maximum absolute atomic E-state index is 13.2. The Labute approximate surface area is 209 Å². The molecule has 2 aromatic carbocycles. The highest BCUT2D eigenvalue weighted by atomic mass is 32.2. The molecule has 0 aliphatic carbocycles. The van der Waals surface area contributed by atoms with Gasteiger partial charge in [-0.25, -0.2) is 18.2 Å². The lowest BCUT2D eigenvalue weighted by molar-refractivity contribution is 0.0622. The summed E-state index contributed by atoms with van der Waals surface area (Å²) in [5.41, 5.74) is 2.60. The number of carboxylic acids is 1. The Morgan fingerprint density at radius 3 is 2.49 bits per heavy atom. The Balaban J connectivity index is 1.56. The smallest absolute Gasteiger partial charge is 0.335 e. The predicted molar refractivity (Wildman–Crippen MR) is 138 cm³/mol. The van der Waals surface area contributed by atoms with Crippen LogP contribution in [0.15, 0.2) is 47.4 Å². The summed E-state index contributed by atoms with van der Waals surface area (Å²) < 4.78 is 34.4. The Kier molecular flexibility index (Phi) is 7.44. The minimum atomic E-state index is -3.89. The largest absolute Gasteiger partial charge is 0.478 e. The summed E-state index contributed by atoms with van der Waals surface area (Å²) >= 11 is 1.51. The van der Waals surface area contributed by atoms with Gasteiger partial charge in [0.25, 0.3) is 10.0 Å². The molecule has 10 heteroatoms. The summed E-state index contributed by atoms with van der Waals surface area (Å²) in [5.74, 6) is -0.540. The second kappa shape index (κ2) is 10.3. The number of thiazole rings is 1. The Hall–Kier alpha value is -2.95. The van der Waals surface area contributed by atoms with E-state index in [-0.39, 0.29) is 16.5 Å². The van der Waals surface area contributed by atoms with Gasteiger partial charge in [0.1, 0.15) is 0 Å². The van der Waals surface area contributed by atoms with Crippen LogP contribution in [0.3, 0.4) is 0 Å². The minimum Gasteiger partial charge on any atom is -0.478 e. The van der Waals surface area contributed by atoms with Crippen molar-refractivity contribution in [2.45, 2.75) is 44.6 Å². The van der Waals surface area contributed by atoms with Crippen LogP contribution in [-0.4, -0.2) is 43.7 Å². The van der Waals surface area contributed by atoms with Crippen molar-refractivity contribution in [3.8, 4) is 10.4 Å². The number of aromatic carboxylic acids is 1. The van der Waals surface area contributed by atoms with Crippen molar-refractivity contribution in [1.82, 2.24) is 4.98 Å². The van der Waals surface area contributed by atoms with Crippen LogP contribution in [0.25, 0.3) is 10.4 Å². The highest BCUT2D eigenvalue weighted by Gasteiger charge is 2.23. The molecule has 186 valence electrons. The topological polar surface area (TPSA) is 118 Å². The number of aromatic nitrogens is 1. The first kappa shape index (κ1) is 25.2. The molecular weight excluding hydrogens is 486 g/mol. The number of hydrogen-bond donors (Lipinski definition) is 3. The van der Waals surface area contributed by atoms with E-state index in [0.717, 1.165) is 47.3 Å². The fourth-order valence-corrected chi connectivity index (χ4v) is 6.57. The molecule has 1 saturated heterocycles. The van der Waals surface area contributed by atoms with Crippen LogP contribution in [0.5, 0.6) is 0 Å². The third kappa shape index (κ3) is 5.83. The molecule has 0 spiro atoms. The van der Waals surface area contributed by atoms with Crippen molar-refractivity contribution < 1.29 is 23.1 Å². The number of benzene rings is 2. The van der Waals surface area contributed by atoms with Crippen LogP contribution in [0.1, 0.15) is 41.4 Å². The SMILES string of the molecule is Cc1ccc(-c2sc(NC(C)C3CCOCC3)nc2C)cc1S(=O)(=O)Nc1ccc(C(=O)O)cc1. The van der Waals surface area contributed by atoms with E-state index in [1.807, 2.05) is 13.0 Å². The molecular formula is C25H29N3O5S2. The van der Waals surface area contributed by atoms with E-state index >= 15 is 0 Å². The number of hydrogen-bond acceptors (Lipinski definition) is 7. The second-order valence-electron chi connectivity index (χ2n) is 8.78. The van der Waals surface area contributed by atoms with Crippen molar-refractivity contribution in [2.75, 3.05) is 23.3 Å². The highest BCUT2D eigenvalue weighted by Crippen LogP contribution is 2.36.